The number of aliphatic hydroxyl groups is 1. The van der Waals surface area contributed by atoms with Crippen LogP contribution in [0.1, 0.15) is 68.4 Å². The SMILES string of the molecule is CC1(C)CCN(C2[C@@H]3CC4C[C@H]2CC(O)(C4)C3)C(=O)c2cnn(-c3ccc(F)cc3)c21. The lowest BCUT2D eigenvalue weighted by Crippen LogP contribution is -2.62. The van der Waals surface area contributed by atoms with Gasteiger partial charge in [0.15, 0.2) is 0 Å². The van der Waals surface area contributed by atoms with Crippen LogP contribution in [0.2, 0.25) is 0 Å². The van der Waals surface area contributed by atoms with E-state index in [1.807, 2.05) is 4.68 Å². The molecule has 31 heavy (non-hydrogen) atoms. The van der Waals surface area contributed by atoms with Crippen molar-refractivity contribution in [3.8, 4) is 5.69 Å². The van der Waals surface area contributed by atoms with Crippen molar-refractivity contribution in [1.82, 2.24) is 14.7 Å². The van der Waals surface area contributed by atoms with Crippen molar-refractivity contribution in [2.24, 2.45) is 17.8 Å². The lowest BCUT2D eigenvalue weighted by molar-refractivity contribution is -0.154. The van der Waals surface area contributed by atoms with Crippen molar-refractivity contribution in [2.75, 3.05) is 6.54 Å². The number of carbonyl (C=O) groups is 1. The number of aromatic nitrogens is 2. The van der Waals surface area contributed by atoms with E-state index >= 15 is 0 Å². The Morgan fingerprint density at radius 1 is 1.10 bits per heavy atom. The molecule has 1 N–H and O–H groups in total. The summed E-state index contributed by atoms with van der Waals surface area (Å²) in [4.78, 5) is 16.0. The van der Waals surface area contributed by atoms with Crippen LogP contribution in [0.15, 0.2) is 30.5 Å². The van der Waals surface area contributed by atoms with Crippen LogP contribution in [0, 0.1) is 23.6 Å². The van der Waals surface area contributed by atoms with E-state index in [-0.39, 0.29) is 23.2 Å². The number of nitrogens with zero attached hydrogens (tertiary/aromatic N) is 3. The standard InChI is InChI=1S/C25H30FN3O2/c1-24(2)7-8-28(21-16-9-15-10-17(21)13-25(31,11-15)12-16)23(30)20-14-27-29(22(20)24)19-5-3-18(26)4-6-19/h3-6,14-17,21,31H,7-13H2,1-2H3/t15?,16-,17+,21?,25?. The Bertz CT molecular complexity index is 1030. The van der Waals surface area contributed by atoms with Crippen molar-refractivity contribution in [3.63, 3.8) is 0 Å². The molecule has 3 unspecified atom stereocenters. The third kappa shape index (κ3) is 2.90. The zero-order chi connectivity index (χ0) is 21.5. The van der Waals surface area contributed by atoms with E-state index in [9.17, 15) is 14.3 Å². The second-order valence-electron chi connectivity index (χ2n) is 11.1. The summed E-state index contributed by atoms with van der Waals surface area (Å²) < 4.78 is 15.3. The highest BCUT2D eigenvalue weighted by atomic mass is 19.1. The maximum absolute atomic E-state index is 13.9. The highest BCUT2D eigenvalue weighted by molar-refractivity contribution is 5.96. The lowest BCUT2D eigenvalue weighted by atomic mass is 9.52. The average Bonchev–Trinajstić information content (AvgIpc) is 3.11. The van der Waals surface area contributed by atoms with Gasteiger partial charge in [0.05, 0.1) is 28.7 Å². The Morgan fingerprint density at radius 3 is 2.42 bits per heavy atom. The molecule has 5 aliphatic rings. The van der Waals surface area contributed by atoms with Gasteiger partial charge in [-0.1, -0.05) is 13.8 Å². The molecule has 4 saturated carbocycles. The molecule has 7 rings (SSSR count). The molecule has 4 aliphatic carbocycles. The average molecular weight is 424 g/mol. The number of halogens is 1. The molecule has 4 fully saturated rings. The third-order valence-corrected chi connectivity index (χ3v) is 8.50. The Balaban J connectivity index is 1.39. The molecular weight excluding hydrogens is 393 g/mol. The summed E-state index contributed by atoms with van der Waals surface area (Å²) in [5.41, 5.74) is 1.61. The molecule has 0 saturated heterocycles. The fourth-order valence-electron chi connectivity index (χ4n) is 7.46. The molecule has 1 aromatic heterocycles. The first kappa shape index (κ1) is 19.5. The van der Waals surface area contributed by atoms with Gasteiger partial charge in [0, 0.05) is 18.0 Å². The van der Waals surface area contributed by atoms with E-state index in [0.717, 1.165) is 56.5 Å². The normalized spacial score (nSPS) is 35.9. The predicted octanol–water partition coefficient (Wildman–Crippen LogP) is 4.07. The zero-order valence-electron chi connectivity index (χ0n) is 18.2. The van der Waals surface area contributed by atoms with Crippen molar-refractivity contribution < 1.29 is 14.3 Å². The fraction of sp³-hybridized carbons (Fsp3) is 0.600. The van der Waals surface area contributed by atoms with E-state index in [2.05, 4.69) is 23.8 Å². The van der Waals surface area contributed by atoms with Gasteiger partial charge < -0.3 is 10.0 Å². The van der Waals surface area contributed by atoms with Crippen LogP contribution in [-0.4, -0.2) is 43.9 Å². The van der Waals surface area contributed by atoms with Crippen LogP contribution in [0.5, 0.6) is 0 Å². The van der Waals surface area contributed by atoms with Crippen LogP contribution in [0.4, 0.5) is 4.39 Å². The van der Waals surface area contributed by atoms with Gasteiger partial charge in [0.1, 0.15) is 5.82 Å². The van der Waals surface area contributed by atoms with E-state index < -0.39 is 5.60 Å². The Morgan fingerprint density at radius 2 is 1.77 bits per heavy atom. The molecule has 5 atom stereocenters. The van der Waals surface area contributed by atoms with Crippen molar-refractivity contribution in [3.05, 3.63) is 47.5 Å². The minimum Gasteiger partial charge on any atom is -0.390 e. The molecule has 0 spiro atoms. The number of hydrogen-bond acceptors (Lipinski definition) is 3. The number of benzene rings is 1. The maximum Gasteiger partial charge on any atom is 0.257 e. The lowest BCUT2D eigenvalue weighted by Gasteiger charge is -2.60. The van der Waals surface area contributed by atoms with E-state index in [4.69, 9.17) is 0 Å². The molecular formula is C25H30FN3O2. The molecule has 164 valence electrons. The van der Waals surface area contributed by atoms with Gasteiger partial charge in [0.2, 0.25) is 0 Å². The Hall–Kier alpha value is -2.21. The van der Waals surface area contributed by atoms with Crippen molar-refractivity contribution in [2.45, 2.75) is 69.4 Å². The molecule has 2 heterocycles. The number of amides is 1. The van der Waals surface area contributed by atoms with Gasteiger partial charge in [0.25, 0.3) is 5.91 Å². The van der Waals surface area contributed by atoms with Crippen LogP contribution in [0.25, 0.3) is 5.69 Å². The number of hydrogen-bond donors (Lipinski definition) is 1. The number of fused-ring (bicyclic) bond motifs is 1. The quantitative estimate of drug-likeness (QED) is 0.792. The van der Waals surface area contributed by atoms with Gasteiger partial charge in [-0.05, 0) is 80.5 Å². The highest BCUT2D eigenvalue weighted by Gasteiger charge is 2.57. The zero-order valence-corrected chi connectivity index (χ0v) is 18.2. The summed E-state index contributed by atoms with van der Waals surface area (Å²) in [6, 6.07) is 6.51. The summed E-state index contributed by atoms with van der Waals surface area (Å²) in [5, 5.41) is 15.6. The predicted molar refractivity (Wildman–Crippen MR) is 114 cm³/mol. The van der Waals surface area contributed by atoms with E-state index in [1.165, 1.54) is 12.1 Å². The topological polar surface area (TPSA) is 58.4 Å². The molecule has 1 amide bonds. The van der Waals surface area contributed by atoms with Crippen LogP contribution in [0.3, 0.4) is 0 Å². The number of rotatable bonds is 2. The second kappa shape index (κ2) is 6.41. The van der Waals surface area contributed by atoms with Crippen LogP contribution < -0.4 is 0 Å². The maximum atomic E-state index is 13.9. The van der Waals surface area contributed by atoms with Crippen LogP contribution in [-0.2, 0) is 5.41 Å². The minimum atomic E-state index is -0.500. The molecule has 4 bridgehead atoms. The fourth-order valence-corrected chi connectivity index (χ4v) is 7.46. The Labute approximate surface area is 182 Å². The highest BCUT2D eigenvalue weighted by Crippen LogP contribution is 2.57. The van der Waals surface area contributed by atoms with Crippen molar-refractivity contribution >= 4 is 5.91 Å². The van der Waals surface area contributed by atoms with Gasteiger partial charge in [-0.3, -0.25) is 4.79 Å². The van der Waals surface area contributed by atoms with Crippen LogP contribution >= 0.6 is 0 Å². The van der Waals surface area contributed by atoms with E-state index in [0.29, 0.717) is 23.3 Å². The molecule has 2 aromatic rings. The van der Waals surface area contributed by atoms with Gasteiger partial charge in [-0.15, -0.1) is 0 Å². The smallest absolute Gasteiger partial charge is 0.257 e. The molecule has 1 aliphatic heterocycles. The summed E-state index contributed by atoms with van der Waals surface area (Å²) in [6.45, 7) is 5.07. The monoisotopic (exact) mass is 423 g/mol. The van der Waals surface area contributed by atoms with E-state index in [1.54, 1.807) is 18.3 Å². The Kier molecular flexibility index (Phi) is 4.03. The molecule has 6 heteroatoms. The first-order valence-electron chi connectivity index (χ1n) is 11.6. The first-order valence-corrected chi connectivity index (χ1v) is 11.6. The summed E-state index contributed by atoms with van der Waals surface area (Å²) >= 11 is 0. The van der Waals surface area contributed by atoms with Crippen molar-refractivity contribution in [1.29, 1.82) is 0 Å². The third-order valence-electron chi connectivity index (χ3n) is 8.50. The van der Waals surface area contributed by atoms with Gasteiger partial charge >= 0.3 is 0 Å². The summed E-state index contributed by atoms with van der Waals surface area (Å²) in [5.74, 6) is 1.20. The second-order valence-corrected chi connectivity index (χ2v) is 11.1. The molecule has 5 nitrogen and oxygen atoms in total. The first-order chi connectivity index (χ1) is 14.7. The minimum absolute atomic E-state index is 0.0680. The largest absolute Gasteiger partial charge is 0.390 e. The van der Waals surface area contributed by atoms with Gasteiger partial charge in [-0.2, -0.15) is 5.10 Å². The summed E-state index contributed by atoms with van der Waals surface area (Å²) in [7, 11) is 0. The molecule has 1 aromatic carbocycles. The number of carbonyl (C=O) groups excluding carboxylic acids is 1. The summed E-state index contributed by atoms with van der Waals surface area (Å²) in [6.07, 6.45) is 7.44. The molecule has 0 radical (unpaired) electrons. The van der Waals surface area contributed by atoms with Gasteiger partial charge in [-0.25, -0.2) is 9.07 Å².